The van der Waals surface area contributed by atoms with E-state index in [4.69, 9.17) is 15.2 Å². The number of hydrogen-bond acceptors (Lipinski definition) is 15. The standard InChI is InChI=1S/C24H31N11O6/c25-15-14(7-37)41-24(18(15)39)35-11-33-17-20(29-9-31-22(17)35)27-4-2-1-3-26-19-16-21(30-8-28-19)34(10-32-16)23-13(38)5-12(6-36)40-23/h1-2,8-15,18,23-24,36-39H,3-7,25H2,(H,26,28,30)(H,27,29,31)/b2-1+/t12-,13+,14+,15+,18+,23?,24+/m0/s1. The van der Waals surface area contributed by atoms with Crippen molar-refractivity contribution in [2.75, 3.05) is 36.9 Å². The maximum absolute atomic E-state index is 10.5. The molecule has 6 rings (SSSR count). The Balaban J connectivity index is 1.07. The molecule has 17 nitrogen and oxygen atoms in total. The van der Waals surface area contributed by atoms with Gasteiger partial charge in [0.15, 0.2) is 46.4 Å². The van der Waals surface area contributed by atoms with E-state index in [0.29, 0.717) is 53.5 Å². The molecule has 0 aromatic carbocycles. The molecule has 0 spiro atoms. The molecule has 17 heteroatoms. The summed E-state index contributed by atoms with van der Waals surface area (Å²) in [7, 11) is 0. The van der Waals surface area contributed by atoms with E-state index >= 15 is 0 Å². The molecule has 4 aromatic rings. The second-order valence-corrected chi connectivity index (χ2v) is 9.78. The number of imidazole rings is 2. The Labute approximate surface area is 232 Å². The molecule has 6 heterocycles. The summed E-state index contributed by atoms with van der Waals surface area (Å²) in [5, 5.41) is 46.0. The number of nitrogens with zero attached hydrogens (tertiary/aromatic N) is 8. The molecule has 1 unspecified atom stereocenters. The summed E-state index contributed by atoms with van der Waals surface area (Å²) in [6.07, 6.45) is 5.53. The van der Waals surface area contributed by atoms with Crippen molar-refractivity contribution in [1.82, 2.24) is 39.0 Å². The fourth-order valence-electron chi connectivity index (χ4n) is 5.07. The van der Waals surface area contributed by atoms with E-state index in [1.54, 1.807) is 15.5 Å². The molecule has 2 aliphatic heterocycles. The molecule has 0 radical (unpaired) electrons. The van der Waals surface area contributed by atoms with Crippen LogP contribution in [0.3, 0.4) is 0 Å². The smallest absolute Gasteiger partial charge is 0.167 e. The second kappa shape index (κ2) is 11.6. The van der Waals surface area contributed by atoms with Gasteiger partial charge in [-0.1, -0.05) is 12.2 Å². The number of hydrogen-bond donors (Lipinski definition) is 7. The van der Waals surface area contributed by atoms with E-state index in [1.807, 2.05) is 12.2 Å². The van der Waals surface area contributed by atoms with Crippen molar-refractivity contribution in [2.24, 2.45) is 5.73 Å². The molecule has 0 amide bonds. The third-order valence-corrected chi connectivity index (χ3v) is 7.19. The molecule has 0 saturated carbocycles. The van der Waals surface area contributed by atoms with Gasteiger partial charge in [0.25, 0.3) is 0 Å². The third-order valence-electron chi connectivity index (χ3n) is 7.19. The zero-order valence-corrected chi connectivity index (χ0v) is 21.8. The van der Waals surface area contributed by atoms with Gasteiger partial charge < -0.3 is 46.3 Å². The van der Waals surface area contributed by atoms with E-state index < -0.39 is 42.9 Å². The summed E-state index contributed by atoms with van der Waals surface area (Å²) < 4.78 is 14.7. The molecule has 2 fully saturated rings. The number of nitrogens with one attached hydrogen (secondary N) is 2. The monoisotopic (exact) mass is 569 g/mol. The quantitative estimate of drug-likeness (QED) is 0.105. The van der Waals surface area contributed by atoms with Crippen molar-refractivity contribution < 1.29 is 29.9 Å². The average molecular weight is 570 g/mol. The molecule has 218 valence electrons. The number of aliphatic hydroxyl groups is 4. The van der Waals surface area contributed by atoms with Crippen LogP contribution < -0.4 is 16.4 Å². The minimum Gasteiger partial charge on any atom is -0.394 e. The topological polar surface area (TPSA) is 237 Å². The number of rotatable bonds is 10. The largest absolute Gasteiger partial charge is 0.394 e. The lowest BCUT2D eigenvalue weighted by molar-refractivity contribution is -0.0488. The maximum Gasteiger partial charge on any atom is 0.167 e. The Hall–Kier alpha value is -3.84. The van der Waals surface area contributed by atoms with E-state index in [2.05, 4.69) is 40.5 Å². The van der Waals surface area contributed by atoms with Crippen LogP contribution in [0.5, 0.6) is 0 Å². The van der Waals surface area contributed by atoms with Crippen LogP contribution in [0.25, 0.3) is 22.3 Å². The lowest BCUT2D eigenvalue weighted by Crippen LogP contribution is -2.41. The zero-order valence-electron chi connectivity index (χ0n) is 21.8. The molecule has 8 N–H and O–H groups in total. The SMILES string of the molecule is N[C@H]1[C@@H](O)[C@H](n2cnc3c(NC/C=C/CNc4ncnc5c4ncn5C4O[C@H](CO)C[C@H]4O)ncnc32)O[C@@H]1CO. The van der Waals surface area contributed by atoms with Crippen molar-refractivity contribution in [2.45, 2.75) is 49.3 Å². The minimum atomic E-state index is -1.03. The highest BCUT2D eigenvalue weighted by atomic mass is 16.5. The van der Waals surface area contributed by atoms with Crippen molar-refractivity contribution in [3.8, 4) is 0 Å². The summed E-state index contributed by atoms with van der Waals surface area (Å²) in [5.74, 6) is 1.03. The van der Waals surface area contributed by atoms with E-state index in [1.165, 1.54) is 19.0 Å². The van der Waals surface area contributed by atoms with Crippen molar-refractivity contribution >= 4 is 34.0 Å². The molecule has 41 heavy (non-hydrogen) atoms. The highest BCUT2D eigenvalue weighted by Gasteiger charge is 2.43. The molecule has 7 atom stereocenters. The number of ether oxygens (including phenoxy) is 2. The first-order chi connectivity index (χ1) is 20.0. The van der Waals surface area contributed by atoms with E-state index in [0.717, 1.165) is 0 Å². The summed E-state index contributed by atoms with van der Waals surface area (Å²) in [5.41, 5.74) is 7.95. The minimum absolute atomic E-state index is 0.172. The molecular weight excluding hydrogens is 538 g/mol. The first kappa shape index (κ1) is 27.3. The first-order valence-corrected chi connectivity index (χ1v) is 13.1. The predicted molar refractivity (Wildman–Crippen MR) is 143 cm³/mol. The maximum atomic E-state index is 10.5. The Bertz CT molecular complexity index is 1530. The first-order valence-electron chi connectivity index (χ1n) is 13.1. The van der Waals surface area contributed by atoms with Crippen molar-refractivity contribution in [3.05, 3.63) is 37.5 Å². The highest BCUT2D eigenvalue weighted by Crippen LogP contribution is 2.32. The number of nitrogens with two attached hydrogens (primary N) is 1. The van der Waals surface area contributed by atoms with Gasteiger partial charge >= 0.3 is 0 Å². The number of aromatic nitrogens is 8. The molecule has 2 saturated heterocycles. The average Bonchev–Trinajstić information content (AvgIpc) is 3.76. The third kappa shape index (κ3) is 5.08. The van der Waals surface area contributed by atoms with Crippen molar-refractivity contribution in [3.63, 3.8) is 0 Å². The van der Waals surface area contributed by atoms with Crippen LogP contribution in [0.15, 0.2) is 37.5 Å². The van der Waals surface area contributed by atoms with Crippen LogP contribution in [-0.4, -0.2) is 116 Å². The van der Waals surface area contributed by atoms with Crippen LogP contribution in [0, 0.1) is 0 Å². The number of aliphatic hydroxyl groups excluding tert-OH is 4. The second-order valence-electron chi connectivity index (χ2n) is 9.78. The molecule has 4 aromatic heterocycles. The Morgan fingerprint density at radius 3 is 1.93 bits per heavy atom. The summed E-state index contributed by atoms with van der Waals surface area (Å²) >= 11 is 0. The molecule has 0 aliphatic carbocycles. The van der Waals surface area contributed by atoms with E-state index in [9.17, 15) is 20.4 Å². The normalized spacial score (nSPS) is 28.4. The zero-order chi connectivity index (χ0) is 28.5. The van der Waals surface area contributed by atoms with Gasteiger partial charge in [0.2, 0.25) is 0 Å². The Morgan fingerprint density at radius 2 is 1.41 bits per heavy atom. The summed E-state index contributed by atoms with van der Waals surface area (Å²) in [6, 6.07) is -0.733. The van der Waals surface area contributed by atoms with Crippen LogP contribution in [0.1, 0.15) is 18.9 Å². The fraction of sp³-hybridized carbons (Fsp3) is 0.500. The van der Waals surface area contributed by atoms with Crippen LogP contribution >= 0.6 is 0 Å². The van der Waals surface area contributed by atoms with E-state index in [-0.39, 0.29) is 13.2 Å². The van der Waals surface area contributed by atoms with Gasteiger partial charge in [-0.3, -0.25) is 9.13 Å². The van der Waals surface area contributed by atoms with Crippen LogP contribution in [0.2, 0.25) is 0 Å². The number of fused-ring (bicyclic) bond motifs is 2. The highest BCUT2D eigenvalue weighted by molar-refractivity contribution is 5.83. The Morgan fingerprint density at radius 1 is 0.829 bits per heavy atom. The molecule has 0 bridgehead atoms. The summed E-state index contributed by atoms with van der Waals surface area (Å²) in [6.45, 7) is 0.417. The summed E-state index contributed by atoms with van der Waals surface area (Å²) in [4.78, 5) is 25.9. The van der Waals surface area contributed by atoms with Gasteiger partial charge in [-0.2, -0.15) is 0 Å². The predicted octanol–water partition coefficient (Wildman–Crippen LogP) is -1.74. The van der Waals surface area contributed by atoms with Crippen LogP contribution in [-0.2, 0) is 9.47 Å². The van der Waals surface area contributed by atoms with Gasteiger partial charge in [0.05, 0.1) is 38.0 Å². The molecule has 2 aliphatic rings. The lowest BCUT2D eigenvalue weighted by atomic mass is 10.1. The number of anilines is 2. The van der Waals surface area contributed by atoms with Gasteiger partial charge in [-0.15, -0.1) is 0 Å². The van der Waals surface area contributed by atoms with Crippen LogP contribution in [0.4, 0.5) is 11.6 Å². The van der Waals surface area contributed by atoms with Gasteiger partial charge in [-0.25, -0.2) is 29.9 Å². The fourth-order valence-corrected chi connectivity index (χ4v) is 5.07. The Kier molecular flexibility index (Phi) is 7.71. The van der Waals surface area contributed by atoms with Crippen molar-refractivity contribution in [1.29, 1.82) is 0 Å². The van der Waals surface area contributed by atoms with Gasteiger partial charge in [0, 0.05) is 19.5 Å². The van der Waals surface area contributed by atoms with Gasteiger partial charge in [0.1, 0.15) is 31.0 Å². The lowest BCUT2D eigenvalue weighted by Gasteiger charge is -2.16. The van der Waals surface area contributed by atoms with Gasteiger partial charge in [-0.05, 0) is 0 Å². The molecular formula is C24H31N11O6.